The number of allylic oxidation sites excluding steroid dienone is 1. The predicted molar refractivity (Wildman–Crippen MR) is 87.7 cm³/mol. The Hall–Kier alpha value is -1.85. The van der Waals surface area contributed by atoms with E-state index in [-0.39, 0.29) is 18.4 Å². The molecule has 1 amide bonds. The number of benzene rings is 1. The zero-order chi connectivity index (χ0) is 16.7. The van der Waals surface area contributed by atoms with Crippen LogP contribution in [0.2, 0.25) is 0 Å². The van der Waals surface area contributed by atoms with Gasteiger partial charge in [0.25, 0.3) is 5.91 Å². The van der Waals surface area contributed by atoms with E-state index in [4.69, 9.17) is 14.6 Å². The fourth-order valence-electron chi connectivity index (χ4n) is 2.49. The van der Waals surface area contributed by atoms with Crippen molar-refractivity contribution in [2.24, 2.45) is 0 Å². The van der Waals surface area contributed by atoms with E-state index in [0.29, 0.717) is 25.2 Å². The molecule has 1 aliphatic rings. The quantitative estimate of drug-likeness (QED) is 0.783. The van der Waals surface area contributed by atoms with E-state index in [0.717, 1.165) is 12.0 Å². The Bertz CT molecular complexity index is 527. The van der Waals surface area contributed by atoms with Crippen molar-refractivity contribution in [2.45, 2.75) is 31.5 Å². The molecule has 0 radical (unpaired) electrons. The van der Waals surface area contributed by atoms with Crippen molar-refractivity contribution in [3.63, 3.8) is 0 Å². The number of aliphatic hydroxyl groups excluding tert-OH is 1. The largest absolute Gasteiger partial charge is 0.459 e. The highest BCUT2D eigenvalue weighted by Gasteiger charge is 2.29. The summed E-state index contributed by atoms with van der Waals surface area (Å²) in [6.07, 6.45) is 3.59. The molecule has 126 valence electrons. The summed E-state index contributed by atoms with van der Waals surface area (Å²) in [6, 6.07) is 10.0. The molecule has 0 aliphatic carbocycles. The summed E-state index contributed by atoms with van der Waals surface area (Å²) in [7, 11) is 3.41. The number of aliphatic hydroxyl groups is 1. The molecule has 1 aliphatic heterocycles. The van der Waals surface area contributed by atoms with Crippen LogP contribution in [0, 0.1) is 0 Å². The number of ether oxygens (including phenoxy) is 2. The molecule has 0 saturated carbocycles. The fourth-order valence-corrected chi connectivity index (χ4v) is 2.49. The molecule has 0 bridgehead atoms. The van der Waals surface area contributed by atoms with E-state index in [1.807, 2.05) is 36.4 Å². The molecule has 0 fully saturated rings. The Kier molecular flexibility index (Phi) is 6.62. The molecule has 5 nitrogen and oxygen atoms in total. The van der Waals surface area contributed by atoms with E-state index >= 15 is 0 Å². The van der Waals surface area contributed by atoms with Gasteiger partial charge in [-0.15, -0.1) is 0 Å². The van der Waals surface area contributed by atoms with Crippen LogP contribution in [0.4, 0.5) is 0 Å². The summed E-state index contributed by atoms with van der Waals surface area (Å²) in [4.78, 5) is 13.7. The van der Waals surface area contributed by atoms with Crippen molar-refractivity contribution in [3.8, 4) is 0 Å². The van der Waals surface area contributed by atoms with Gasteiger partial charge in [-0.25, -0.2) is 0 Å². The van der Waals surface area contributed by atoms with Gasteiger partial charge in [0.15, 0.2) is 5.76 Å². The first-order valence-corrected chi connectivity index (χ1v) is 7.99. The molecular weight excluding hydrogens is 294 g/mol. The summed E-state index contributed by atoms with van der Waals surface area (Å²) in [5.74, 6) is 0.267. The average molecular weight is 319 g/mol. The van der Waals surface area contributed by atoms with Crippen molar-refractivity contribution in [1.82, 2.24) is 4.90 Å². The summed E-state index contributed by atoms with van der Waals surface area (Å²) in [6.45, 7) is 0.669. The maximum atomic E-state index is 12.2. The first-order chi connectivity index (χ1) is 11.1. The maximum absolute atomic E-state index is 12.2. The van der Waals surface area contributed by atoms with Crippen LogP contribution in [-0.4, -0.2) is 49.5 Å². The highest BCUT2D eigenvalue weighted by molar-refractivity contribution is 5.91. The number of nitrogens with zero attached hydrogens (tertiary/aromatic N) is 1. The Labute approximate surface area is 137 Å². The van der Waals surface area contributed by atoms with E-state index in [9.17, 15) is 4.79 Å². The van der Waals surface area contributed by atoms with Gasteiger partial charge in [0.1, 0.15) is 0 Å². The first kappa shape index (κ1) is 17.5. The third kappa shape index (κ3) is 5.08. The van der Waals surface area contributed by atoms with Gasteiger partial charge in [-0.3, -0.25) is 4.79 Å². The lowest BCUT2D eigenvalue weighted by Crippen LogP contribution is -2.32. The lowest BCUT2D eigenvalue weighted by atomic mass is 9.93. The molecule has 0 saturated heterocycles. The van der Waals surface area contributed by atoms with E-state index < -0.39 is 6.29 Å². The van der Waals surface area contributed by atoms with Gasteiger partial charge in [-0.1, -0.05) is 30.3 Å². The summed E-state index contributed by atoms with van der Waals surface area (Å²) >= 11 is 0. The van der Waals surface area contributed by atoms with Crippen LogP contribution in [-0.2, 0) is 14.3 Å². The van der Waals surface area contributed by atoms with Crippen molar-refractivity contribution in [2.75, 3.05) is 27.3 Å². The number of hydrogen-bond donors (Lipinski definition) is 1. The SMILES string of the molecule is CN(C)C(=O)C1=C[C@H](c2ccccc2)C[C@H](OCCCCO)O1. The molecule has 5 heteroatoms. The van der Waals surface area contributed by atoms with Gasteiger partial charge in [0, 0.05) is 33.0 Å². The maximum Gasteiger partial charge on any atom is 0.288 e. The molecule has 2 atom stereocenters. The molecule has 1 heterocycles. The number of rotatable bonds is 7. The van der Waals surface area contributed by atoms with Gasteiger partial charge in [-0.2, -0.15) is 0 Å². The minimum atomic E-state index is -0.442. The molecule has 0 unspecified atom stereocenters. The summed E-state index contributed by atoms with van der Waals surface area (Å²) in [5.41, 5.74) is 1.14. The molecule has 23 heavy (non-hydrogen) atoms. The molecule has 1 aromatic rings. The lowest BCUT2D eigenvalue weighted by molar-refractivity contribution is -0.151. The van der Waals surface area contributed by atoms with Crippen LogP contribution < -0.4 is 0 Å². The average Bonchev–Trinajstić information content (AvgIpc) is 2.58. The van der Waals surface area contributed by atoms with Crippen molar-refractivity contribution in [1.29, 1.82) is 0 Å². The topological polar surface area (TPSA) is 59.0 Å². The Morgan fingerprint density at radius 3 is 2.70 bits per heavy atom. The first-order valence-electron chi connectivity index (χ1n) is 7.99. The minimum absolute atomic E-state index is 0.0895. The number of carbonyl (C=O) groups excluding carboxylic acids is 1. The third-order valence-corrected chi connectivity index (χ3v) is 3.76. The van der Waals surface area contributed by atoms with Crippen LogP contribution in [0.5, 0.6) is 0 Å². The summed E-state index contributed by atoms with van der Waals surface area (Å²) in [5, 5.41) is 8.82. The number of amides is 1. The molecule has 0 aromatic heterocycles. The second-order valence-electron chi connectivity index (χ2n) is 5.83. The number of likely N-dealkylation sites (N-methyl/N-ethyl adjacent to an activating group) is 1. The number of unbranched alkanes of at least 4 members (excludes halogenated alkanes) is 1. The highest BCUT2D eigenvalue weighted by atomic mass is 16.7. The monoisotopic (exact) mass is 319 g/mol. The van der Waals surface area contributed by atoms with Crippen molar-refractivity contribution >= 4 is 5.91 Å². The minimum Gasteiger partial charge on any atom is -0.459 e. The van der Waals surface area contributed by atoms with Gasteiger partial charge in [0.2, 0.25) is 6.29 Å². The van der Waals surface area contributed by atoms with Gasteiger partial charge in [0.05, 0.1) is 6.61 Å². The highest BCUT2D eigenvalue weighted by Crippen LogP contribution is 2.31. The van der Waals surface area contributed by atoms with E-state index in [1.165, 1.54) is 4.90 Å². The Balaban J connectivity index is 2.10. The second kappa shape index (κ2) is 8.70. The zero-order valence-electron chi connectivity index (χ0n) is 13.8. The molecule has 0 spiro atoms. The second-order valence-corrected chi connectivity index (χ2v) is 5.83. The molecule has 1 aromatic carbocycles. The molecule has 1 N–H and O–H groups in total. The lowest BCUT2D eigenvalue weighted by Gasteiger charge is -2.30. The van der Waals surface area contributed by atoms with Crippen molar-refractivity contribution < 1.29 is 19.4 Å². The molecular formula is C18H25NO4. The van der Waals surface area contributed by atoms with Gasteiger partial charge < -0.3 is 19.5 Å². The number of hydrogen-bond acceptors (Lipinski definition) is 4. The van der Waals surface area contributed by atoms with E-state index in [1.54, 1.807) is 14.1 Å². The van der Waals surface area contributed by atoms with Crippen molar-refractivity contribution in [3.05, 3.63) is 47.7 Å². The van der Waals surface area contributed by atoms with Crippen LogP contribution in [0.25, 0.3) is 0 Å². The van der Waals surface area contributed by atoms with E-state index in [2.05, 4.69) is 0 Å². The number of carbonyl (C=O) groups is 1. The fraction of sp³-hybridized carbons (Fsp3) is 0.500. The standard InChI is InChI=1S/C18H25NO4/c1-19(2)18(21)16-12-15(14-8-4-3-5-9-14)13-17(23-16)22-11-7-6-10-20/h3-5,8-9,12,15,17,20H,6-7,10-11,13H2,1-2H3/t15-,17+/m0/s1. The van der Waals surface area contributed by atoms with Crippen LogP contribution >= 0.6 is 0 Å². The zero-order valence-corrected chi connectivity index (χ0v) is 13.8. The smallest absolute Gasteiger partial charge is 0.288 e. The third-order valence-electron chi connectivity index (χ3n) is 3.76. The van der Waals surface area contributed by atoms with Gasteiger partial charge >= 0.3 is 0 Å². The van der Waals surface area contributed by atoms with Crippen LogP contribution in [0.3, 0.4) is 0 Å². The Morgan fingerprint density at radius 1 is 1.30 bits per heavy atom. The predicted octanol–water partition coefficient (Wildman–Crippen LogP) is 2.28. The normalized spacial score (nSPS) is 20.6. The Morgan fingerprint density at radius 2 is 2.04 bits per heavy atom. The molecule has 2 rings (SSSR count). The van der Waals surface area contributed by atoms with Gasteiger partial charge in [-0.05, 0) is 24.5 Å². The van der Waals surface area contributed by atoms with Crippen LogP contribution in [0.1, 0.15) is 30.7 Å². The summed E-state index contributed by atoms with van der Waals surface area (Å²) < 4.78 is 11.5. The van der Waals surface area contributed by atoms with Crippen LogP contribution in [0.15, 0.2) is 42.2 Å².